The van der Waals surface area contributed by atoms with Crippen molar-refractivity contribution in [2.45, 2.75) is 64.8 Å². The van der Waals surface area contributed by atoms with E-state index in [1.54, 1.807) is 0 Å². The maximum Gasteiger partial charge on any atom is 0.220 e. The third-order valence-corrected chi connectivity index (χ3v) is 7.45. The molecule has 0 atom stereocenters. The quantitative estimate of drug-likeness (QED) is 0.311. The number of hydrogen-bond acceptors (Lipinski definition) is 0. The van der Waals surface area contributed by atoms with Crippen molar-refractivity contribution in [3.05, 3.63) is 78.0 Å². The first-order valence-electron chi connectivity index (χ1n) is 11.7. The van der Waals surface area contributed by atoms with Crippen LogP contribution in [0.3, 0.4) is 0 Å². The fourth-order valence-corrected chi connectivity index (χ4v) is 5.47. The molecule has 0 amide bonds. The highest BCUT2D eigenvalue weighted by Crippen LogP contribution is 2.44. The summed E-state index contributed by atoms with van der Waals surface area (Å²) in [6.07, 6.45) is 8.33. The second-order valence-corrected chi connectivity index (χ2v) is 9.05. The van der Waals surface area contributed by atoms with E-state index in [2.05, 4.69) is 92.2 Å². The summed E-state index contributed by atoms with van der Waals surface area (Å²) in [7, 11) is 0. The molecular formula is C29H32N+. The molecule has 3 aromatic carbocycles. The Balaban J connectivity index is 1.79. The fraction of sp³-hybridized carbons (Fsp3) is 0.345. The van der Waals surface area contributed by atoms with Crippen LogP contribution in [-0.2, 0) is 18.4 Å². The first-order chi connectivity index (χ1) is 14.7. The second kappa shape index (κ2) is 7.54. The summed E-state index contributed by atoms with van der Waals surface area (Å²) < 4.78 is 2.53. The average Bonchev–Trinajstić information content (AvgIpc) is 2.80. The summed E-state index contributed by atoms with van der Waals surface area (Å²) in [6.45, 7) is 8.04. The van der Waals surface area contributed by atoms with Gasteiger partial charge in [0.15, 0.2) is 12.7 Å². The zero-order valence-electron chi connectivity index (χ0n) is 18.5. The molecule has 0 saturated carbocycles. The number of benzene rings is 3. The Kier molecular flexibility index (Phi) is 4.85. The molecule has 0 N–H and O–H groups in total. The van der Waals surface area contributed by atoms with Gasteiger partial charge in [-0.2, -0.15) is 4.57 Å². The fourth-order valence-electron chi connectivity index (χ4n) is 5.47. The van der Waals surface area contributed by atoms with E-state index in [0.29, 0.717) is 0 Å². The van der Waals surface area contributed by atoms with Gasteiger partial charge in [0.25, 0.3) is 0 Å². The van der Waals surface area contributed by atoms with Gasteiger partial charge in [0.05, 0.1) is 16.4 Å². The van der Waals surface area contributed by atoms with Gasteiger partial charge in [-0.25, -0.2) is 0 Å². The maximum atomic E-state index is 2.53. The average molecular weight is 395 g/mol. The van der Waals surface area contributed by atoms with Crippen LogP contribution in [-0.4, -0.2) is 0 Å². The van der Waals surface area contributed by atoms with Gasteiger partial charge in [0, 0.05) is 6.07 Å². The van der Waals surface area contributed by atoms with Crippen LogP contribution in [0.4, 0.5) is 0 Å². The van der Waals surface area contributed by atoms with Crippen molar-refractivity contribution in [3.8, 4) is 11.3 Å². The van der Waals surface area contributed by atoms with Crippen molar-refractivity contribution in [2.24, 2.45) is 0 Å². The van der Waals surface area contributed by atoms with Gasteiger partial charge in [-0.15, -0.1) is 0 Å². The molecule has 1 aliphatic rings. The molecule has 2 heterocycles. The molecule has 0 aliphatic carbocycles. The number of pyridine rings is 1. The van der Waals surface area contributed by atoms with Crippen LogP contribution in [0.15, 0.2) is 66.9 Å². The number of nitrogens with zero attached hydrogens (tertiary/aromatic N) is 1. The van der Waals surface area contributed by atoms with Crippen LogP contribution >= 0.6 is 0 Å². The Labute approximate surface area is 180 Å². The smallest absolute Gasteiger partial charge is 0.197 e. The molecule has 0 spiro atoms. The molecule has 1 aliphatic heterocycles. The van der Waals surface area contributed by atoms with E-state index in [9.17, 15) is 0 Å². The van der Waals surface area contributed by atoms with E-state index in [4.69, 9.17) is 0 Å². The number of aromatic nitrogens is 1. The van der Waals surface area contributed by atoms with Gasteiger partial charge < -0.3 is 0 Å². The van der Waals surface area contributed by atoms with E-state index in [1.165, 1.54) is 63.2 Å². The highest BCUT2D eigenvalue weighted by molar-refractivity contribution is 5.98. The predicted octanol–water partition coefficient (Wildman–Crippen LogP) is 7.36. The van der Waals surface area contributed by atoms with Crippen molar-refractivity contribution < 1.29 is 4.57 Å². The summed E-state index contributed by atoms with van der Waals surface area (Å²) in [5.41, 5.74) is 6.02. The lowest BCUT2D eigenvalue weighted by atomic mass is 9.70. The lowest BCUT2D eigenvalue weighted by molar-refractivity contribution is -0.696. The largest absolute Gasteiger partial charge is 0.220 e. The molecule has 0 fully saturated rings. The van der Waals surface area contributed by atoms with Crippen molar-refractivity contribution >= 4 is 21.5 Å². The van der Waals surface area contributed by atoms with E-state index in [-0.39, 0.29) is 5.41 Å². The van der Waals surface area contributed by atoms with Crippen LogP contribution < -0.4 is 4.57 Å². The zero-order valence-corrected chi connectivity index (χ0v) is 18.5. The van der Waals surface area contributed by atoms with Crippen molar-refractivity contribution in [2.75, 3.05) is 0 Å². The van der Waals surface area contributed by atoms with Crippen LogP contribution in [0.5, 0.6) is 0 Å². The molecule has 0 radical (unpaired) electrons. The number of aryl methyl sites for hydroxylation is 1. The standard InChI is InChI=1S/C29H32N/c1-4-7-10-21-13-14-25-24(17-21)15-16-30-20-29(5-2,6-3)27-19-23-12-9-8-11-22(23)18-26(27)28(25)30/h8-9,11-19H,4-7,10,20H2,1-3H3/q+1. The van der Waals surface area contributed by atoms with E-state index < -0.39 is 0 Å². The second-order valence-electron chi connectivity index (χ2n) is 9.05. The highest BCUT2D eigenvalue weighted by atomic mass is 15.0. The molecule has 1 nitrogen and oxygen atoms in total. The first kappa shape index (κ1) is 19.3. The van der Waals surface area contributed by atoms with Gasteiger partial charge in [0.1, 0.15) is 0 Å². The van der Waals surface area contributed by atoms with Crippen molar-refractivity contribution in [1.29, 1.82) is 0 Å². The Bertz CT molecular complexity index is 1230. The third kappa shape index (κ3) is 2.95. The maximum absolute atomic E-state index is 2.53. The van der Waals surface area contributed by atoms with Crippen LogP contribution in [0.2, 0.25) is 0 Å². The summed E-state index contributed by atoms with van der Waals surface area (Å²) >= 11 is 0. The molecule has 4 aromatic rings. The topological polar surface area (TPSA) is 3.88 Å². The Morgan fingerprint density at radius 2 is 1.60 bits per heavy atom. The minimum absolute atomic E-state index is 0.200. The van der Waals surface area contributed by atoms with E-state index in [0.717, 1.165) is 19.4 Å². The summed E-state index contributed by atoms with van der Waals surface area (Å²) in [6, 6.07) is 23.2. The van der Waals surface area contributed by atoms with E-state index >= 15 is 0 Å². The number of rotatable bonds is 5. The third-order valence-electron chi connectivity index (χ3n) is 7.45. The normalized spacial score (nSPS) is 14.6. The SMILES string of the molecule is CCCCc1ccc2c3[n+](ccc2c1)CC(CC)(CC)c1cc2ccccc2cc1-3. The van der Waals surface area contributed by atoms with Gasteiger partial charge in [-0.05, 0) is 71.2 Å². The summed E-state index contributed by atoms with van der Waals surface area (Å²) in [5, 5.41) is 5.45. The molecule has 30 heavy (non-hydrogen) atoms. The molecule has 1 aromatic heterocycles. The monoisotopic (exact) mass is 394 g/mol. The Hall–Kier alpha value is -2.67. The molecule has 0 unspecified atom stereocenters. The molecular weight excluding hydrogens is 362 g/mol. The van der Waals surface area contributed by atoms with Crippen molar-refractivity contribution in [3.63, 3.8) is 0 Å². The zero-order chi connectivity index (χ0) is 20.7. The highest BCUT2D eigenvalue weighted by Gasteiger charge is 2.42. The number of fused-ring (bicyclic) bond motifs is 6. The first-order valence-corrected chi connectivity index (χ1v) is 11.7. The lowest BCUT2D eigenvalue weighted by Crippen LogP contribution is -2.50. The Morgan fingerprint density at radius 3 is 2.33 bits per heavy atom. The van der Waals surface area contributed by atoms with Gasteiger partial charge in [-0.3, -0.25) is 0 Å². The molecule has 1 heteroatoms. The number of hydrogen-bond donors (Lipinski definition) is 0. The summed E-state index contributed by atoms with van der Waals surface area (Å²) in [5.74, 6) is 0. The van der Waals surface area contributed by atoms with Gasteiger partial charge >= 0.3 is 0 Å². The van der Waals surface area contributed by atoms with Gasteiger partial charge in [-0.1, -0.05) is 63.6 Å². The number of unbranched alkanes of at least 4 members (excludes halogenated alkanes) is 1. The molecule has 152 valence electrons. The molecule has 0 saturated heterocycles. The van der Waals surface area contributed by atoms with Crippen LogP contribution in [0.1, 0.15) is 57.6 Å². The van der Waals surface area contributed by atoms with Gasteiger partial charge in [0.2, 0.25) is 5.69 Å². The molecule has 0 bridgehead atoms. The summed E-state index contributed by atoms with van der Waals surface area (Å²) in [4.78, 5) is 0. The minimum Gasteiger partial charge on any atom is -0.197 e. The molecule has 5 rings (SSSR count). The minimum atomic E-state index is 0.200. The van der Waals surface area contributed by atoms with Crippen LogP contribution in [0.25, 0.3) is 32.8 Å². The lowest BCUT2D eigenvalue weighted by Gasteiger charge is -2.35. The van der Waals surface area contributed by atoms with E-state index in [1.807, 2.05) is 0 Å². The predicted molar refractivity (Wildman–Crippen MR) is 128 cm³/mol. The van der Waals surface area contributed by atoms with Crippen LogP contribution in [0, 0.1) is 0 Å². The van der Waals surface area contributed by atoms with Crippen molar-refractivity contribution in [1.82, 2.24) is 0 Å². The Morgan fingerprint density at radius 1 is 0.833 bits per heavy atom.